The van der Waals surface area contributed by atoms with Crippen LogP contribution in [0.4, 0.5) is 4.39 Å². The number of carbonyl (C=O) groups excluding carboxylic acids is 1. The number of amides is 1. The quantitative estimate of drug-likeness (QED) is 0.716. The predicted molar refractivity (Wildman–Crippen MR) is 95.6 cm³/mol. The molecule has 0 unspecified atom stereocenters. The minimum absolute atomic E-state index is 0.129. The van der Waals surface area contributed by atoms with Crippen molar-refractivity contribution in [3.8, 4) is 11.5 Å². The molecule has 4 nitrogen and oxygen atoms in total. The molecule has 0 aliphatic rings. The molecule has 0 aliphatic carbocycles. The first-order valence-corrected chi connectivity index (χ1v) is 8.52. The lowest BCUT2D eigenvalue weighted by Gasteiger charge is -2.22. The minimum atomic E-state index is -0.305. The second-order valence-corrected chi connectivity index (χ2v) is 5.48. The van der Waals surface area contributed by atoms with Crippen LogP contribution in [0.2, 0.25) is 0 Å². The predicted octanol–water partition coefficient (Wildman–Crippen LogP) is 4.29. The van der Waals surface area contributed by atoms with Gasteiger partial charge >= 0.3 is 0 Å². The summed E-state index contributed by atoms with van der Waals surface area (Å²) >= 11 is 0. The van der Waals surface area contributed by atoms with E-state index in [1.165, 1.54) is 12.1 Å². The standard InChI is InChI=1S/C20H24FNO3/c1-4-22(14-15-8-7-9-17(21)12-15)20(23)16-10-11-18(24-5-2)19(13-16)25-6-3/h7-13H,4-6,14H2,1-3H3. The van der Waals surface area contributed by atoms with Gasteiger partial charge in [0.1, 0.15) is 5.82 Å². The molecule has 25 heavy (non-hydrogen) atoms. The lowest BCUT2D eigenvalue weighted by atomic mass is 10.1. The first kappa shape index (κ1) is 18.8. The number of halogens is 1. The molecule has 2 aromatic carbocycles. The third-order valence-corrected chi connectivity index (χ3v) is 3.72. The number of hydrogen-bond acceptors (Lipinski definition) is 3. The van der Waals surface area contributed by atoms with Crippen LogP contribution in [0.3, 0.4) is 0 Å². The first-order chi connectivity index (χ1) is 12.1. The molecule has 2 aromatic rings. The summed E-state index contributed by atoms with van der Waals surface area (Å²) in [5.41, 5.74) is 1.27. The van der Waals surface area contributed by atoms with Crippen LogP contribution in [0, 0.1) is 5.82 Å². The van der Waals surface area contributed by atoms with E-state index in [1.807, 2.05) is 26.8 Å². The van der Waals surface area contributed by atoms with Crippen LogP contribution in [0.15, 0.2) is 42.5 Å². The molecule has 0 aromatic heterocycles. The highest BCUT2D eigenvalue weighted by atomic mass is 19.1. The number of benzene rings is 2. The lowest BCUT2D eigenvalue weighted by molar-refractivity contribution is 0.0752. The van der Waals surface area contributed by atoms with Crippen molar-refractivity contribution in [2.75, 3.05) is 19.8 Å². The summed E-state index contributed by atoms with van der Waals surface area (Å²) in [5, 5.41) is 0. The molecule has 0 atom stereocenters. The van der Waals surface area contributed by atoms with Crippen LogP contribution in [0.25, 0.3) is 0 Å². The molecule has 0 bridgehead atoms. The fourth-order valence-electron chi connectivity index (χ4n) is 2.55. The van der Waals surface area contributed by atoms with Gasteiger partial charge in [-0.25, -0.2) is 4.39 Å². The van der Waals surface area contributed by atoms with Gasteiger partial charge in [0.05, 0.1) is 13.2 Å². The highest BCUT2D eigenvalue weighted by Gasteiger charge is 2.17. The van der Waals surface area contributed by atoms with Crippen LogP contribution in [0.5, 0.6) is 11.5 Å². The van der Waals surface area contributed by atoms with E-state index in [-0.39, 0.29) is 11.7 Å². The van der Waals surface area contributed by atoms with E-state index in [2.05, 4.69) is 0 Å². The second-order valence-electron chi connectivity index (χ2n) is 5.48. The van der Waals surface area contributed by atoms with Crippen molar-refractivity contribution >= 4 is 5.91 Å². The zero-order valence-electron chi connectivity index (χ0n) is 14.9. The average molecular weight is 345 g/mol. The SMILES string of the molecule is CCOc1ccc(C(=O)N(CC)Cc2cccc(F)c2)cc1OCC. The number of ether oxygens (including phenoxy) is 2. The summed E-state index contributed by atoms with van der Waals surface area (Å²) in [4.78, 5) is 14.5. The fourth-order valence-corrected chi connectivity index (χ4v) is 2.55. The summed E-state index contributed by atoms with van der Waals surface area (Å²) in [6, 6.07) is 11.5. The molecule has 0 aliphatic heterocycles. The van der Waals surface area contributed by atoms with E-state index < -0.39 is 0 Å². The Hall–Kier alpha value is -2.56. The van der Waals surface area contributed by atoms with Crippen LogP contribution in [-0.2, 0) is 6.54 Å². The van der Waals surface area contributed by atoms with Crippen molar-refractivity contribution in [1.29, 1.82) is 0 Å². The molecular formula is C20H24FNO3. The van der Waals surface area contributed by atoms with Gasteiger partial charge in [-0.3, -0.25) is 4.79 Å². The summed E-state index contributed by atoms with van der Waals surface area (Å²) in [5.74, 6) is 0.738. The molecule has 0 saturated heterocycles. The largest absolute Gasteiger partial charge is 0.490 e. The molecule has 0 N–H and O–H groups in total. The number of hydrogen-bond donors (Lipinski definition) is 0. The smallest absolute Gasteiger partial charge is 0.254 e. The zero-order chi connectivity index (χ0) is 18.2. The van der Waals surface area contributed by atoms with Crippen molar-refractivity contribution < 1.29 is 18.7 Å². The van der Waals surface area contributed by atoms with Crippen molar-refractivity contribution in [3.63, 3.8) is 0 Å². The molecule has 2 rings (SSSR count). The maximum Gasteiger partial charge on any atom is 0.254 e. The maximum absolute atomic E-state index is 13.4. The fraction of sp³-hybridized carbons (Fsp3) is 0.350. The Morgan fingerprint density at radius 1 is 1.00 bits per heavy atom. The third kappa shape index (κ3) is 4.95. The van der Waals surface area contributed by atoms with Gasteiger partial charge in [-0.2, -0.15) is 0 Å². The van der Waals surface area contributed by atoms with Crippen molar-refractivity contribution in [2.24, 2.45) is 0 Å². The molecule has 134 valence electrons. The molecule has 0 heterocycles. The van der Waals surface area contributed by atoms with E-state index in [4.69, 9.17) is 9.47 Å². The van der Waals surface area contributed by atoms with Crippen molar-refractivity contribution in [2.45, 2.75) is 27.3 Å². The molecule has 0 radical (unpaired) electrons. The number of nitrogens with zero attached hydrogens (tertiary/aromatic N) is 1. The summed E-state index contributed by atoms with van der Waals surface area (Å²) in [6.45, 7) is 7.55. The molecule has 0 saturated carbocycles. The summed E-state index contributed by atoms with van der Waals surface area (Å²) in [7, 11) is 0. The minimum Gasteiger partial charge on any atom is -0.490 e. The van der Waals surface area contributed by atoms with Gasteiger partial charge in [0.15, 0.2) is 11.5 Å². The highest BCUT2D eigenvalue weighted by molar-refractivity contribution is 5.94. The van der Waals surface area contributed by atoms with Crippen LogP contribution < -0.4 is 9.47 Å². The van der Waals surface area contributed by atoms with Gasteiger partial charge in [0.2, 0.25) is 0 Å². The lowest BCUT2D eigenvalue weighted by Crippen LogP contribution is -2.30. The van der Waals surface area contributed by atoms with E-state index in [9.17, 15) is 9.18 Å². The van der Waals surface area contributed by atoms with Crippen molar-refractivity contribution in [1.82, 2.24) is 4.90 Å². The summed E-state index contributed by atoms with van der Waals surface area (Å²) < 4.78 is 24.5. The van der Waals surface area contributed by atoms with Crippen molar-refractivity contribution in [3.05, 3.63) is 59.4 Å². The Labute approximate surface area is 148 Å². The van der Waals surface area contributed by atoms with Gasteiger partial charge < -0.3 is 14.4 Å². The molecule has 0 spiro atoms. The Bertz CT molecular complexity index is 718. The monoisotopic (exact) mass is 345 g/mol. The Balaban J connectivity index is 2.22. The average Bonchev–Trinajstić information content (AvgIpc) is 2.61. The van der Waals surface area contributed by atoms with Gasteiger partial charge in [0.25, 0.3) is 5.91 Å². The normalized spacial score (nSPS) is 10.4. The summed E-state index contributed by atoms with van der Waals surface area (Å²) in [6.07, 6.45) is 0. The van der Waals surface area contributed by atoms with E-state index in [1.54, 1.807) is 29.2 Å². The first-order valence-electron chi connectivity index (χ1n) is 8.52. The Morgan fingerprint density at radius 2 is 1.72 bits per heavy atom. The molecular weight excluding hydrogens is 321 g/mol. The topological polar surface area (TPSA) is 38.8 Å². The van der Waals surface area contributed by atoms with Gasteiger partial charge in [0, 0.05) is 18.7 Å². The van der Waals surface area contributed by atoms with Gasteiger partial charge in [-0.1, -0.05) is 12.1 Å². The molecule has 5 heteroatoms. The Morgan fingerprint density at radius 3 is 2.36 bits per heavy atom. The van der Waals surface area contributed by atoms with E-state index in [0.29, 0.717) is 43.4 Å². The van der Waals surface area contributed by atoms with Crippen LogP contribution >= 0.6 is 0 Å². The van der Waals surface area contributed by atoms with Crippen LogP contribution in [-0.4, -0.2) is 30.6 Å². The number of rotatable bonds is 8. The zero-order valence-corrected chi connectivity index (χ0v) is 14.9. The van der Waals surface area contributed by atoms with Crippen LogP contribution in [0.1, 0.15) is 36.7 Å². The molecule has 0 fully saturated rings. The number of carbonyl (C=O) groups is 1. The van der Waals surface area contributed by atoms with E-state index >= 15 is 0 Å². The van der Waals surface area contributed by atoms with E-state index in [0.717, 1.165) is 5.56 Å². The maximum atomic E-state index is 13.4. The Kier molecular flexibility index (Phi) is 6.81. The highest BCUT2D eigenvalue weighted by Crippen LogP contribution is 2.29. The van der Waals surface area contributed by atoms with Gasteiger partial charge in [-0.05, 0) is 56.7 Å². The molecule has 1 amide bonds. The van der Waals surface area contributed by atoms with Gasteiger partial charge in [-0.15, -0.1) is 0 Å². The second kappa shape index (κ2) is 9.06. The third-order valence-electron chi connectivity index (χ3n) is 3.72.